The summed E-state index contributed by atoms with van der Waals surface area (Å²) in [5.74, 6) is 2.15. The van der Waals surface area contributed by atoms with E-state index in [4.69, 9.17) is 27.7 Å². The Morgan fingerprint density at radius 2 is 2.27 bits per heavy atom. The Kier molecular flexibility index (Phi) is 4.90. The lowest BCUT2D eigenvalue weighted by molar-refractivity contribution is 0.385. The molecule has 5 nitrogen and oxygen atoms in total. The highest BCUT2D eigenvalue weighted by Crippen LogP contribution is 2.32. The van der Waals surface area contributed by atoms with Crippen LogP contribution in [0.15, 0.2) is 27.7 Å². The van der Waals surface area contributed by atoms with Gasteiger partial charge in [-0.3, -0.25) is 4.99 Å². The Morgan fingerprint density at radius 1 is 1.41 bits per heavy atom. The number of amidine groups is 1. The Balaban J connectivity index is 1.89. The summed E-state index contributed by atoms with van der Waals surface area (Å²) in [5.41, 5.74) is 0.895. The number of hydrogen-bond donors (Lipinski definition) is 1. The maximum Gasteiger partial charge on any atom is 0.223 e. The van der Waals surface area contributed by atoms with Crippen molar-refractivity contribution in [2.75, 3.05) is 12.3 Å². The van der Waals surface area contributed by atoms with E-state index >= 15 is 0 Å². The Morgan fingerprint density at radius 3 is 2.95 bits per heavy atom. The van der Waals surface area contributed by atoms with Crippen molar-refractivity contribution in [3.05, 3.63) is 45.5 Å². The summed E-state index contributed by atoms with van der Waals surface area (Å²) in [4.78, 5) is 8.69. The van der Waals surface area contributed by atoms with E-state index in [9.17, 15) is 0 Å². The summed E-state index contributed by atoms with van der Waals surface area (Å²) in [7, 11) is 0. The van der Waals surface area contributed by atoms with E-state index in [0.29, 0.717) is 28.2 Å². The molecule has 22 heavy (non-hydrogen) atoms. The molecule has 1 aromatic heterocycles. The third-order valence-electron chi connectivity index (χ3n) is 3.20. The second kappa shape index (κ2) is 6.89. The highest BCUT2D eigenvalue weighted by Gasteiger charge is 2.22. The fourth-order valence-electron chi connectivity index (χ4n) is 2.21. The summed E-state index contributed by atoms with van der Waals surface area (Å²) in [6, 6.07) is 5.47. The molecule has 2 aromatic rings. The van der Waals surface area contributed by atoms with E-state index in [1.165, 1.54) is 0 Å². The van der Waals surface area contributed by atoms with Gasteiger partial charge in [-0.15, -0.1) is 0 Å². The second-order valence-corrected chi connectivity index (χ2v) is 6.68. The minimum Gasteiger partial charge on any atom is -0.358 e. The van der Waals surface area contributed by atoms with Crippen molar-refractivity contribution in [3.8, 4) is 0 Å². The Bertz CT molecular complexity index is 704. The van der Waals surface area contributed by atoms with Gasteiger partial charge in [0, 0.05) is 19.1 Å². The summed E-state index contributed by atoms with van der Waals surface area (Å²) in [5, 5.41) is 9.33. The summed E-state index contributed by atoms with van der Waals surface area (Å²) < 4.78 is 5.04. The third kappa shape index (κ3) is 3.56. The maximum atomic E-state index is 6.36. The van der Waals surface area contributed by atoms with E-state index in [1.54, 1.807) is 24.8 Å². The molecule has 1 atom stereocenters. The van der Waals surface area contributed by atoms with Crippen LogP contribution < -0.4 is 5.32 Å². The fraction of sp³-hybridized carbons (Fsp3) is 0.357. The molecule has 1 aliphatic heterocycles. The molecule has 0 amide bonds. The van der Waals surface area contributed by atoms with Gasteiger partial charge in [0.15, 0.2) is 11.0 Å². The average molecular weight is 357 g/mol. The molecule has 2 heterocycles. The quantitative estimate of drug-likeness (QED) is 0.905. The van der Waals surface area contributed by atoms with Gasteiger partial charge >= 0.3 is 0 Å². The molecule has 1 N–H and O–H groups in total. The number of thioether (sulfide) groups is 1. The van der Waals surface area contributed by atoms with Crippen LogP contribution in [0, 0.1) is 6.92 Å². The zero-order valence-electron chi connectivity index (χ0n) is 11.8. The van der Waals surface area contributed by atoms with Crippen LogP contribution in [-0.2, 0) is 6.42 Å². The molecule has 0 aliphatic carbocycles. The van der Waals surface area contributed by atoms with Gasteiger partial charge in [0.2, 0.25) is 5.89 Å². The molecule has 0 radical (unpaired) electrons. The number of aromatic nitrogens is 2. The van der Waals surface area contributed by atoms with Gasteiger partial charge in [0.05, 0.1) is 22.6 Å². The first-order valence-electron chi connectivity index (χ1n) is 6.80. The lowest BCUT2D eigenvalue weighted by atomic mass is 10.0. The van der Waals surface area contributed by atoms with E-state index in [-0.39, 0.29) is 6.04 Å². The minimum atomic E-state index is -0.118. The monoisotopic (exact) mass is 356 g/mol. The normalized spacial score (nSPS) is 15.7. The van der Waals surface area contributed by atoms with Gasteiger partial charge in [-0.2, -0.15) is 4.98 Å². The van der Waals surface area contributed by atoms with Crippen LogP contribution in [0.4, 0.5) is 0 Å². The minimum absolute atomic E-state index is 0.118. The fourth-order valence-corrected chi connectivity index (χ4v) is 3.43. The third-order valence-corrected chi connectivity index (χ3v) is 4.94. The first-order chi connectivity index (χ1) is 10.6. The average Bonchev–Trinajstić information content (AvgIpc) is 3.13. The van der Waals surface area contributed by atoms with E-state index in [1.807, 2.05) is 12.1 Å². The van der Waals surface area contributed by atoms with Crippen LogP contribution >= 0.6 is 35.0 Å². The molecule has 0 spiro atoms. The van der Waals surface area contributed by atoms with Gasteiger partial charge in [-0.25, -0.2) is 0 Å². The SMILES string of the molecule is Cc1nc(CC(NC2=NCCS2)c2cccc(Cl)c2Cl)no1. The molecule has 0 fully saturated rings. The van der Waals surface area contributed by atoms with Gasteiger partial charge in [0.1, 0.15) is 0 Å². The van der Waals surface area contributed by atoms with Crippen molar-refractivity contribution in [2.45, 2.75) is 19.4 Å². The van der Waals surface area contributed by atoms with Crippen LogP contribution in [0.5, 0.6) is 0 Å². The molecule has 0 saturated carbocycles. The number of halogens is 2. The van der Waals surface area contributed by atoms with E-state index < -0.39 is 0 Å². The van der Waals surface area contributed by atoms with Gasteiger partial charge in [-0.1, -0.05) is 52.3 Å². The zero-order chi connectivity index (χ0) is 15.5. The van der Waals surface area contributed by atoms with Gasteiger partial charge in [0.25, 0.3) is 0 Å². The lowest BCUT2D eigenvalue weighted by Gasteiger charge is -2.20. The van der Waals surface area contributed by atoms with Crippen molar-refractivity contribution in [3.63, 3.8) is 0 Å². The predicted molar refractivity (Wildman–Crippen MR) is 89.8 cm³/mol. The number of hydrogen-bond acceptors (Lipinski definition) is 6. The number of benzene rings is 1. The number of rotatable bonds is 4. The molecule has 1 aromatic carbocycles. The van der Waals surface area contributed by atoms with Gasteiger partial charge in [-0.05, 0) is 11.6 Å². The number of nitrogens with zero attached hydrogens (tertiary/aromatic N) is 3. The molecular weight excluding hydrogens is 343 g/mol. The summed E-state index contributed by atoms with van der Waals surface area (Å²) >= 11 is 14.2. The molecule has 1 unspecified atom stereocenters. The highest BCUT2D eigenvalue weighted by molar-refractivity contribution is 8.14. The molecule has 1 aliphatic rings. The maximum absolute atomic E-state index is 6.36. The van der Waals surface area contributed by atoms with Gasteiger partial charge < -0.3 is 9.84 Å². The highest BCUT2D eigenvalue weighted by atomic mass is 35.5. The molecule has 3 rings (SSSR count). The smallest absolute Gasteiger partial charge is 0.223 e. The Hall–Kier alpha value is -1.24. The van der Waals surface area contributed by atoms with Crippen LogP contribution in [0.3, 0.4) is 0 Å². The van der Waals surface area contributed by atoms with E-state index in [2.05, 4.69) is 20.4 Å². The molecule has 8 heteroatoms. The summed E-state index contributed by atoms with van der Waals surface area (Å²) in [6.45, 7) is 2.59. The predicted octanol–water partition coefficient (Wildman–Crippen LogP) is 3.66. The van der Waals surface area contributed by atoms with Crippen molar-refractivity contribution in [1.82, 2.24) is 15.5 Å². The number of nitrogens with one attached hydrogen (secondary N) is 1. The van der Waals surface area contributed by atoms with Crippen LogP contribution in [0.25, 0.3) is 0 Å². The molecular formula is C14H14Cl2N4OS. The lowest BCUT2D eigenvalue weighted by Crippen LogP contribution is -2.27. The number of aryl methyl sites for hydroxylation is 1. The molecule has 116 valence electrons. The van der Waals surface area contributed by atoms with E-state index in [0.717, 1.165) is 23.0 Å². The first-order valence-corrected chi connectivity index (χ1v) is 8.54. The topological polar surface area (TPSA) is 63.3 Å². The molecule has 0 bridgehead atoms. The van der Waals surface area contributed by atoms with Crippen molar-refractivity contribution in [1.29, 1.82) is 0 Å². The second-order valence-electron chi connectivity index (χ2n) is 4.81. The van der Waals surface area contributed by atoms with Crippen LogP contribution in [0.1, 0.15) is 23.3 Å². The summed E-state index contributed by atoms with van der Waals surface area (Å²) in [6.07, 6.45) is 0.539. The molecule has 0 saturated heterocycles. The van der Waals surface area contributed by atoms with Crippen LogP contribution in [-0.4, -0.2) is 27.6 Å². The standard InChI is InChI=1S/C14H14Cl2N4OS/c1-8-18-12(20-21-8)7-11(19-14-17-5-6-22-14)9-3-2-4-10(15)13(9)16/h2-4,11H,5-7H2,1H3,(H,17,19). The van der Waals surface area contributed by atoms with Crippen molar-refractivity contribution in [2.24, 2.45) is 4.99 Å². The largest absolute Gasteiger partial charge is 0.358 e. The zero-order valence-corrected chi connectivity index (χ0v) is 14.2. The Labute approximate surface area is 142 Å². The number of aliphatic imine (C=N–C) groups is 1. The van der Waals surface area contributed by atoms with Crippen molar-refractivity contribution < 1.29 is 4.52 Å². The first kappa shape index (κ1) is 15.6. The van der Waals surface area contributed by atoms with Crippen LogP contribution in [0.2, 0.25) is 10.0 Å². The van der Waals surface area contributed by atoms with Crippen molar-refractivity contribution >= 4 is 40.1 Å².